The van der Waals surface area contributed by atoms with E-state index >= 15 is 0 Å². The summed E-state index contributed by atoms with van der Waals surface area (Å²) >= 11 is 0. The molecule has 0 radical (unpaired) electrons. The molecule has 160 valence electrons. The van der Waals surface area contributed by atoms with Crippen LogP contribution in [0, 0.1) is 6.92 Å². The van der Waals surface area contributed by atoms with Crippen molar-refractivity contribution >= 4 is 17.5 Å². The minimum Gasteiger partial charge on any atom is -0.495 e. The number of methoxy groups -OCH3 is 1. The number of nitrogens with one attached hydrogen (secondary N) is 1. The number of nitrogens with zero attached hydrogens (tertiary/aromatic N) is 3. The number of ether oxygens (including phenoxy) is 1. The Morgan fingerprint density at radius 1 is 1.19 bits per heavy atom. The predicted octanol–water partition coefficient (Wildman–Crippen LogP) is 3.49. The van der Waals surface area contributed by atoms with E-state index in [4.69, 9.17) is 4.74 Å². The molecule has 2 heterocycles. The smallest absolute Gasteiger partial charge is 0.254 e. The Labute approximate surface area is 181 Å². The molecule has 1 saturated heterocycles. The molecule has 7 heteroatoms. The van der Waals surface area contributed by atoms with Crippen LogP contribution in [0.2, 0.25) is 0 Å². The summed E-state index contributed by atoms with van der Waals surface area (Å²) in [6, 6.07) is 14.5. The van der Waals surface area contributed by atoms with Crippen molar-refractivity contribution in [2.45, 2.75) is 32.4 Å². The molecule has 1 N–H and O–H groups in total. The van der Waals surface area contributed by atoms with Gasteiger partial charge in [-0.3, -0.25) is 14.3 Å². The summed E-state index contributed by atoms with van der Waals surface area (Å²) in [5.74, 6) is 0.284. The lowest BCUT2D eigenvalue weighted by Gasteiger charge is -2.24. The van der Waals surface area contributed by atoms with E-state index in [0.29, 0.717) is 36.5 Å². The fourth-order valence-corrected chi connectivity index (χ4v) is 3.92. The Balaban J connectivity index is 1.45. The quantitative estimate of drug-likeness (QED) is 0.665. The standard InChI is InChI=1S/C24H26N4O3/c1-17-6-11-22(31-2)20(15-17)26-23(29)21-5-3-14-28(21)24(30)19-9-7-18(8-10-19)16-27-13-4-12-25-27/h4,6-13,15,21H,3,5,14,16H2,1-2H3,(H,26,29). The zero-order chi connectivity index (χ0) is 21.8. The molecular weight excluding hydrogens is 392 g/mol. The van der Waals surface area contributed by atoms with E-state index in [2.05, 4.69) is 10.4 Å². The number of hydrogen-bond donors (Lipinski definition) is 1. The van der Waals surface area contributed by atoms with E-state index in [1.807, 2.05) is 66.3 Å². The highest BCUT2D eigenvalue weighted by Gasteiger charge is 2.34. The van der Waals surface area contributed by atoms with Gasteiger partial charge in [0.1, 0.15) is 11.8 Å². The van der Waals surface area contributed by atoms with E-state index < -0.39 is 6.04 Å². The van der Waals surface area contributed by atoms with Crippen molar-refractivity contribution in [1.82, 2.24) is 14.7 Å². The molecule has 31 heavy (non-hydrogen) atoms. The maximum Gasteiger partial charge on any atom is 0.254 e. The average molecular weight is 418 g/mol. The van der Waals surface area contributed by atoms with Crippen LogP contribution < -0.4 is 10.1 Å². The second-order valence-electron chi connectivity index (χ2n) is 7.75. The Morgan fingerprint density at radius 2 is 2.00 bits per heavy atom. The van der Waals surface area contributed by atoms with Gasteiger partial charge < -0.3 is 15.0 Å². The monoisotopic (exact) mass is 418 g/mol. The summed E-state index contributed by atoms with van der Waals surface area (Å²) in [7, 11) is 1.57. The second kappa shape index (κ2) is 9.04. The van der Waals surface area contributed by atoms with E-state index in [1.54, 1.807) is 18.2 Å². The van der Waals surface area contributed by atoms with Gasteiger partial charge in [-0.1, -0.05) is 18.2 Å². The lowest BCUT2D eigenvalue weighted by atomic mass is 10.1. The van der Waals surface area contributed by atoms with Crippen molar-refractivity contribution in [3.63, 3.8) is 0 Å². The minimum absolute atomic E-state index is 0.125. The van der Waals surface area contributed by atoms with Gasteiger partial charge in [-0.2, -0.15) is 5.10 Å². The normalized spacial score (nSPS) is 15.7. The molecule has 0 bridgehead atoms. The van der Waals surface area contributed by atoms with Gasteiger partial charge in [0.2, 0.25) is 5.91 Å². The molecule has 1 aliphatic heterocycles. The number of anilines is 1. The van der Waals surface area contributed by atoms with Gasteiger partial charge in [-0.15, -0.1) is 0 Å². The van der Waals surface area contributed by atoms with Crippen molar-refractivity contribution in [3.8, 4) is 5.75 Å². The van der Waals surface area contributed by atoms with Gasteiger partial charge in [0.15, 0.2) is 0 Å². The van der Waals surface area contributed by atoms with Crippen LogP contribution in [0.15, 0.2) is 60.9 Å². The van der Waals surface area contributed by atoms with Crippen LogP contribution in [-0.4, -0.2) is 46.2 Å². The van der Waals surface area contributed by atoms with Crippen molar-refractivity contribution in [2.75, 3.05) is 19.0 Å². The van der Waals surface area contributed by atoms with Crippen LogP contribution in [0.5, 0.6) is 5.75 Å². The van der Waals surface area contributed by atoms with E-state index in [-0.39, 0.29) is 11.8 Å². The summed E-state index contributed by atoms with van der Waals surface area (Å²) in [4.78, 5) is 27.8. The number of hydrogen-bond acceptors (Lipinski definition) is 4. The van der Waals surface area contributed by atoms with Crippen LogP contribution in [0.4, 0.5) is 5.69 Å². The topological polar surface area (TPSA) is 76.5 Å². The van der Waals surface area contributed by atoms with E-state index in [9.17, 15) is 9.59 Å². The lowest BCUT2D eigenvalue weighted by Crippen LogP contribution is -2.43. The molecule has 0 saturated carbocycles. The molecule has 1 aromatic heterocycles. The molecule has 7 nitrogen and oxygen atoms in total. The molecule has 1 unspecified atom stereocenters. The average Bonchev–Trinajstić information content (AvgIpc) is 3.46. The largest absolute Gasteiger partial charge is 0.495 e. The van der Waals surface area contributed by atoms with Gasteiger partial charge in [-0.05, 0) is 61.2 Å². The van der Waals surface area contributed by atoms with Crippen molar-refractivity contribution in [2.24, 2.45) is 0 Å². The first-order chi connectivity index (χ1) is 15.0. The number of rotatable bonds is 6. The van der Waals surface area contributed by atoms with Crippen molar-refractivity contribution < 1.29 is 14.3 Å². The van der Waals surface area contributed by atoms with Crippen LogP contribution in [0.25, 0.3) is 0 Å². The molecule has 3 aromatic rings. The molecule has 2 amide bonds. The number of benzene rings is 2. The van der Waals surface area contributed by atoms with Crippen LogP contribution in [0.1, 0.15) is 34.3 Å². The molecule has 2 aromatic carbocycles. The molecule has 1 aliphatic rings. The second-order valence-corrected chi connectivity index (χ2v) is 7.75. The predicted molar refractivity (Wildman–Crippen MR) is 118 cm³/mol. The zero-order valence-electron chi connectivity index (χ0n) is 17.7. The highest BCUT2D eigenvalue weighted by atomic mass is 16.5. The fraction of sp³-hybridized carbons (Fsp3) is 0.292. The number of aromatic nitrogens is 2. The number of aryl methyl sites for hydroxylation is 1. The maximum absolute atomic E-state index is 13.1. The van der Waals surface area contributed by atoms with Gasteiger partial charge in [0.05, 0.1) is 19.3 Å². The molecule has 1 fully saturated rings. The summed E-state index contributed by atoms with van der Waals surface area (Å²) < 4.78 is 7.19. The molecule has 0 spiro atoms. The zero-order valence-corrected chi connectivity index (χ0v) is 17.7. The molecule has 4 rings (SSSR count). The van der Waals surface area contributed by atoms with E-state index in [1.165, 1.54) is 0 Å². The first-order valence-corrected chi connectivity index (χ1v) is 10.4. The number of carbonyl (C=O) groups is 2. The Morgan fingerprint density at radius 3 is 2.71 bits per heavy atom. The Bertz CT molecular complexity index is 1060. The number of likely N-dealkylation sites (tertiary alicyclic amines) is 1. The summed E-state index contributed by atoms with van der Waals surface area (Å²) in [5, 5.41) is 7.15. The van der Waals surface area contributed by atoms with Crippen molar-refractivity contribution in [1.29, 1.82) is 0 Å². The van der Waals surface area contributed by atoms with E-state index in [0.717, 1.165) is 17.5 Å². The first-order valence-electron chi connectivity index (χ1n) is 10.4. The van der Waals surface area contributed by atoms with Crippen LogP contribution >= 0.6 is 0 Å². The molecule has 1 atom stereocenters. The molecule has 0 aliphatic carbocycles. The number of amides is 2. The lowest BCUT2D eigenvalue weighted by molar-refractivity contribution is -0.119. The molecular formula is C24H26N4O3. The minimum atomic E-state index is -0.499. The highest BCUT2D eigenvalue weighted by molar-refractivity contribution is 6.02. The van der Waals surface area contributed by atoms with Gasteiger partial charge >= 0.3 is 0 Å². The van der Waals surface area contributed by atoms with Crippen LogP contribution in [-0.2, 0) is 11.3 Å². The SMILES string of the molecule is COc1ccc(C)cc1NC(=O)C1CCCN1C(=O)c1ccc(Cn2cccn2)cc1. The summed E-state index contributed by atoms with van der Waals surface area (Å²) in [6.07, 6.45) is 5.08. The Hall–Kier alpha value is -3.61. The van der Waals surface area contributed by atoms with Crippen molar-refractivity contribution in [3.05, 3.63) is 77.6 Å². The third-order valence-electron chi connectivity index (χ3n) is 5.53. The fourth-order valence-electron chi connectivity index (χ4n) is 3.92. The number of carbonyl (C=O) groups excluding carboxylic acids is 2. The third-order valence-corrected chi connectivity index (χ3v) is 5.53. The van der Waals surface area contributed by atoms with Gasteiger partial charge in [0.25, 0.3) is 5.91 Å². The van der Waals surface area contributed by atoms with Gasteiger partial charge in [0, 0.05) is 24.5 Å². The Kier molecular flexibility index (Phi) is 6.02. The first kappa shape index (κ1) is 20.7. The van der Waals surface area contributed by atoms with Gasteiger partial charge in [-0.25, -0.2) is 0 Å². The maximum atomic E-state index is 13.1. The summed E-state index contributed by atoms with van der Waals surface area (Å²) in [6.45, 7) is 3.17. The highest BCUT2D eigenvalue weighted by Crippen LogP contribution is 2.27. The summed E-state index contributed by atoms with van der Waals surface area (Å²) in [5.41, 5.74) is 3.28. The van der Waals surface area contributed by atoms with Crippen LogP contribution in [0.3, 0.4) is 0 Å². The third kappa shape index (κ3) is 4.60.